The van der Waals surface area contributed by atoms with Gasteiger partial charge in [0.15, 0.2) is 0 Å². The van der Waals surface area contributed by atoms with Crippen LogP contribution in [0.25, 0.3) is 21.8 Å². The molecule has 0 unspecified atom stereocenters. The number of rotatable bonds is 19. The van der Waals surface area contributed by atoms with Gasteiger partial charge in [0.25, 0.3) is 0 Å². The first-order chi connectivity index (χ1) is 20.5. The Bertz CT molecular complexity index is 1290. The third kappa shape index (κ3) is 10.7. The van der Waals surface area contributed by atoms with Gasteiger partial charge in [-0.1, -0.05) is 87.8 Å². The lowest BCUT2D eigenvalue weighted by atomic mass is 10.0. The molecule has 8 nitrogen and oxygen atoms in total. The quantitative estimate of drug-likeness (QED) is 0.0765. The van der Waals surface area contributed by atoms with Crippen molar-refractivity contribution in [3.8, 4) is 0 Å². The monoisotopic (exact) mass is 608 g/mol. The number of para-hydroxylation sites is 2. The molecule has 0 aliphatic carbocycles. The lowest BCUT2D eigenvalue weighted by Crippen LogP contribution is -2.42. The third-order valence-corrected chi connectivity index (χ3v) is 8.11. The van der Waals surface area contributed by atoms with Gasteiger partial charge in [-0.3, -0.25) is 9.59 Å². The Labute approximate surface area is 261 Å². The number of hydrogen-bond acceptors (Lipinski definition) is 4. The van der Waals surface area contributed by atoms with Crippen molar-refractivity contribution in [2.75, 3.05) is 13.1 Å². The van der Waals surface area contributed by atoms with E-state index in [1.54, 1.807) is 0 Å². The van der Waals surface area contributed by atoms with Crippen LogP contribution in [0.15, 0.2) is 60.9 Å². The molecule has 0 saturated heterocycles. The molecule has 43 heavy (non-hydrogen) atoms. The number of hydrogen-bond donors (Lipinski definition) is 6. The number of aromatic nitrogens is 2. The summed E-state index contributed by atoms with van der Waals surface area (Å²) in [7, 11) is 0. The van der Waals surface area contributed by atoms with E-state index in [1.807, 2.05) is 48.8 Å². The first-order valence-electron chi connectivity index (χ1n) is 15.7. The molecule has 2 heterocycles. The maximum absolute atomic E-state index is 12.4. The van der Waals surface area contributed by atoms with Gasteiger partial charge in [-0.2, -0.15) is 0 Å². The number of aromatic amines is 2. The minimum atomic E-state index is -0.533. The summed E-state index contributed by atoms with van der Waals surface area (Å²) in [6, 6.07) is 15.1. The zero-order valence-electron chi connectivity index (χ0n) is 25.2. The Morgan fingerprint density at radius 3 is 1.33 bits per heavy atom. The van der Waals surface area contributed by atoms with E-state index in [4.69, 9.17) is 11.5 Å². The molecule has 0 fully saturated rings. The summed E-state index contributed by atoms with van der Waals surface area (Å²) in [6.07, 6.45) is 16.6. The van der Waals surface area contributed by atoms with Crippen molar-refractivity contribution in [1.29, 1.82) is 0 Å². The normalized spacial score (nSPS) is 12.6. The molecule has 4 aromatic rings. The van der Waals surface area contributed by atoms with Gasteiger partial charge >= 0.3 is 0 Å². The predicted molar refractivity (Wildman–Crippen MR) is 179 cm³/mol. The lowest BCUT2D eigenvalue weighted by molar-refractivity contribution is -0.123. The second-order valence-electron chi connectivity index (χ2n) is 11.5. The second-order valence-corrected chi connectivity index (χ2v) is 11.5. The van der Waals surface area contributed by atoms with E-state index in [0.717, 1.165) is 58.6 Å². The average molecular weight is 609 g/mol. The van der Waals surface area contributed by atoms with Gasteiger partial charge in [0.2, 0.25) is 11.8 Å². The lowest BCUT2D eigenvalue weighted by Gasteiger charge is -2.12. The molecule has 2 atom stereocenters. The van der Waals surface area contributed by atoms with Crippen molar-refractivity contribution in [3.63, 3.8) is 0 Å². The van der Waals surface area contributed by atoms with Crippen molar-refractivity contribution in [2.45, 2.75) is 89.1 Å². The van der Waals surface area contributed by atoms with E-state index in [0.29, 0.717) is 25.9 Å². The van der Waals surface area contributed by atoms with Gasteiger partial charge in [0.05, 0.1) is 12.1 Å². The molecule has 0 saturated carbocycles. The zero-order chi connectivity index (χ0) is 29.6. The number of unbranched alkanes of at least 4 members (excludes halogenated alkanes) is 9. The van der Waals surface area contributed by atoms with Crippen molar-refractivity contribution < 1.29 is 9.59 Å². The van der Waals surface area contributed by atoms with Crippen LogP contribution in [0, 0.1) is 0 Å². The number of nitrogens with one attached hydrogen (secondary N) is 4. The summed E-state index contributed by atoms with van der Waals surface area (Å²) in [5.41, 5.74) is 16.6. The van der Waals surface area contributed by atoms with Crippen molar-refractivity contribution in [1.82, 2.24) is 20.6 Å². The summed E-state index contributed by atoms with van der Waals surface area (Å²) in [4.78, 5) is 31.3. The highest BCUT2D eigenvalue weighted by molar-refractivity contribution is 5.87. The molecule has 234 valence electrons. The summed E-state index contributed by atoms with van der Waals surface area (Å²) in [5.74, 6) is -0.152. The number of amides is 2. The van der Waals surface area contributed by atoms with E-state index in [9.17, 15) is 9.59 Å². The molecule has 2 amide bonds. The number of halogens is 1. The molecule has 0 radical (unpaired) electrons. The first-order valence-corrected chi connectivity index (χ1v) is 15.7. The Balaban J connectivity index is 0.00000506. The number of benzene rings is 2. The van der Waals surface area contributed by atoms with Crippen molar-refractivity contribution in [2.24, 2.45) is 11.5 Å². The van der Waals surface area contributed by atoms with Crippen LogP contribution in [0.1, 0.15) is 75.3 Å². The van der Waals surface area contributed by atoms with Crippen LogP contribution in [-0.4, -0.2) is 47.0 Å². The molecule has 2 aromatic heterocycles. The first kappa shape index (κ1) is 34.2. The highest BCUT2D eigenvalue weighted by atomic mass is 35.5. The van der Waals surface area contributed by atoms with Gasteiger partial charge < -0.3 is 32.1 Å². The molecule has 0 aliphatic heterocycles. The molecule has 0 aliphatic rings. The van der Waals surface area contributed by atoms with E-state index in [1.165, 1.54) is 38.5 Å². The predicted octanol–water partition coefficient (Wildman–Crippen LogP) is 5.64. The molecule has 8 N–H and O–H groups in total. The number of nitrogens with two attached hydrogens (primary N) is 2. The minimum Gasteiger partial charge on any atom is -0.361 e. The Morgan fingerprint density at radius 1 is 0.581 bits per heavy atom. The number of fused-ring (bicyclic) bond motifs is 2. The largest absolute Gasteiger partial charge is 0.361 e. The molecule has 0 spiro atoms. The Hall–Kier alpha value is -3.33. The van der Waals surface area contributed by atoms with Crippen molar-refractivity contribution >= 4 is 46.0 Å². The Kier molecular flexibility index (Phi) is 14.6. The van der Waals surface area contributed by atoms with Crippen LogP contribution in [0.4, 0.5) is 0 Å². The second kappa shape index (κ2) is 18.4. The maximum Gasteiger partial charge on any atom is 0.237 e. The number of H-pyrrole nitrogens is 2. The SMILES string of the molecule is Cl.N[C@H](Cc1c[nH]c2ccccc12)C(=O)NCCCCCCCCCCCCNC(=O)[C@@H](N)Cc1c[nH]c2ccccc12. The van der Waals surface area contributed by atoms with Crippen LogP contribution in [0.5, 0.6) is 0 Å². The van der Waals surface area contributed by atoms with Crippen LogP contribution < -0.4 is 22.1 Å². The van der Waals surface area contributed by atoms with Gasteiger partial charge in [-0.25, -0.2) is 0 Å². The highest BCUT2D eigenvalue weighted by Gasteiger charge is 2.16. The van der Waals surface area contributed by atoms with Crippen LogP contribution >= 0.6 is 12.4 Å². The van der Waals surface area contributed by atoms with Gasteiger partial charge in [0, 0.05) is 47.3 Å². The summed E-state index contributed by atoms with van der Waals surface area (Å²) >= 11 is 0. The van der Waals surface area contributed by atoms with E-state index in [2.05, 4.69) is 32.7 Å². The van der Waals surface area contributed by atoms with Crippen LogP contribution in [-0.2, 0) is 22.4 Å². The summed E-state index contributed by atoms with van der Waals surface area (Å²) < 4.78 is 0. The zero-order valence-corrected chi connectivity index (χ0v) is 26.0. The molecule has 4 rings (SSSR count). The standard InChI is InChI=1S/C34H48N6O2.ClH/c35-29(21-25-23-39-31-17-11-9-15-27(25)31)33(41)37-19-13-7-5-3-1-2-4-6-8-14-20-38-34(42)30(36)22-26-24-40-32-18-12-10-16-28(26)32;/h9-12,15-18,23-24,29-30,39-40H,1-8,13-14,19-22,35-36H2,(H,37,41)(H,38,42);1H/t29-,30+;. The van der Waals surface area contributed by atoms with Crippen molar-refractivity contribution in [3.05, 3.63) is 72.1 Å². The highest BCUT2D eigenvalue weighted by Crippen LogP contribution is 2.20. The summed E-state index contributed by atoms with van der Waals surface area (Å²) in [5, 5.41) is 8.25. The fourth-order valence-corrected chi connectivity index (χ4v) is 5.61. The average Bonchev–Trinajstić information content (AvgIpc) is 3.61. The molecular weight excluding hydrogens is 560 g/mol. The smallest absolute Gasteiger partial charge is 0.237 e. The molecule has 0 bridgehead atoms. The number of carbonyl (C=O) groups excluding carboxylic acids is 2. The van der Waals surface area contributed by atoms with Gasteiger partial charge in [-0.15, -0.1) is 12.4 Å². The molecular formula is C34H49ClN6O2. The fraction of sp³-hybridized carbons (Fsp3) is 0.471. The van der Waals surface area contributed by atoms with E-state index < -0.39 is 12.1 Å². The maximum atomic E-state index is 12.4. The summed E-state index contributed by atoms with van der Waals surface area (Å²) in [6.45, 7) is 1.37. The van der Waals surface area contributed by atoms with Gasteiger partial charge in [-0.05, 0) is 48.9 Å². The van der Waals surface area contributed by atoms with Crippen LogP contribution in [0.2, 0.25) is 0 Å². The number of carbonyl (C=O) groups is 2. The fourth-order valence-electron chi connectivity index (χ4n) is 5.61. The topological polar surface area (TPSA) is 142 Å². The Morgan fingerprint density at radius 2 is 0.930 bits per heavy atom. The van der Waals surface area contributed by atoms with E-state index in [-0.39, 0.29) is 24.2 Å². The van der Waals surface area contributed by atoms with Gasteiger partial charge in [0.1, 0.15) is 0 Å². The molecule has 2 aromatic carbocycles. The molecule has 9 heteroatoms. The minimum absolute atomic E-state index is 0. The van der Waals surface area contributed by atoms with Crippen LogP contribution in [0.3, 0.4) is 0 Å². The van der Waals surface area contributed by atoms with E-state index >= 15 is 0 Å². The third-order valence-electron chi connectivity index (χ3n) is 8.11.